The predicted molar refractivity (Wildman–Crippen MR) is 116 cm³/mol. The van der Waals surface area contributed by atoms with Crippen molar-refractivity contribution in [3.8, 4) is 17.2 Å². The number of hydrogen-bond acceptors (Lipinski definition) is 3. The molecule has 0 radical (unpaired) electrons. The third-order valence-electron chi connectivity index (χ3n) is 6.25. The number of hydrogen-bond donors (Lipinski definition) is 0. The third kappa shape index (κ3) is 3.53. The van der Waals surface area contributed by atoms with Crippen LogP contribution in [0.2, 0.25) is 0 Å². The van der Waals surface area contributed by atoms with Gasteiger partial charge in [-0.05, 0) is 42.5 Å². The molecule has 9 heteroatoms. The Morgan fingerprint density at radius 3 is 2.70 bits per heavy atom. The number of nitrogens with zero attached hydrogens (tertiary/aromatic N) is 2. The van der Waals surface area contributed by atoms with Gasteiger partial charge >= 0.3 is 6.18 Å². The van der Waals surface area contributed by atoms with Crippen molar-refractivity contribution in [2.75, 3.05) is 13.7 Å². The van der Waals surface area contributed by atoms with Gasteiger partial charge in [0.15, 0.2) is 5.60 Å². The topological polar surface area (TPSA) is 43.7 Å². The molecule has 2 aromatic carbocycles. The molecule has 1 amide bonds. The Kier molecular flexibility index (Phi) is 5.08. The van der Waals surface area contributed by atoms with Gasteiger partial charge in [-0.3, -0.25) is 4.79 Å². The number of alkyl halides is 4. The zero-order valence-corrected chi connectivity index (χ0v) is 18.4. The molecule has 1 fully saturated rings. The quantitative estimate of drug-likeness (QED) is 0.357. The van der Waals surface area contributed by atoms with Crippen molar-refractivity contribution >= 4 is 17.5 Å². The zero-order valence-electron chi connectivity index (χ0n) is 17.6. The molecule has 5 nitrogen and oxygen atoms in total. The largest absolute Gasteiger partial charge is 0.496 e. The van der Waals surface area contributed by atoms with Crippen molar-refractivity contribution in [2.24, 2.45) is 0 Å². The maximum absolute atomic E-state index is 13.2. The Labute approximate surface area is 193 Å². The van der Waals surface area contributed by atoms with E-state index in [9.17, 15) is 18.0 Å². The molecule has 1 saturated heterocycles. The van der Waals surface area contributed by atoms with Crippen LogP contribution in [0.5, 0.6) is 11.5 Å². The van der Waals surface area contributed by atoms with Crippen LogP contribution in [0, 0.1) is 0 Å². The maximum atomic E-state index is 13.2. The Morgan fingerprint density at radius 2 is 1.97 bits per heavy atom. The summed E-state index contributed by atoms with van der Waals surface area (Å²) in [6, 6.07) is 14.8. The number of carbonyl (C=O) groups is 1. The minimum absolute atomic E-state index is 0.0831. The van der Waals surface area contributed by atoms with E-state index in [1.165, 1.54) is 4.90 Å². The monoisotopic (exact) mass is 476 g/mol. The van der Waals surface area contributed by atoms with Crippen LogP contribution in [0.4, 0.5) is 13.2 Å². The first-order valence-electron chi connectivity index (χ1n) is 10.4. The SMILES string of the molecule is COc1cc(C(=O)N2CCC3(CC2Cl)Oc2ccccc2-n2cccc23)ccc1C(F)(F)F. The van der Waals surface area contributed by atoms with Gasteiger partial charge < -0.3 is 18.9 Å². The summed E-state index contributed by atoms with van der Waals surface area (Å²) in [7, 11) is 1.14. The third-order valence-corrected chi connectivity index (χ3v) is 6.64. The number of aromatic nitrogens is 1. The molecule has 0 N–H and O–H groups in total. The van der Waals surface area contributed by atoms with E-state index in [0.717, 1.165) is 42.4 Å². The first kappa shape index (κ1) is 21.7. The van der Waals surface area contributed by atoms with Crippen LogP contribution in [0.1, 0.15) is 34.5 Å². The lowest BCUT2D eigenvalue weighted by Crippen LogP contribution is -2.53. The van der Waals surface area contributed by atoms with Gasteiger partial charge in [-0.25, -0.2) is 0 Å². The van der Waals surface area contributed by atoms with Crippen molar-refractivity contribution in [1.82, 2.24) is 9.47 Å². The molecule has 0 aliphatic carbocycles. The maximum Gasteiger partial charge on any atom is 0.419 e. The van der Waals surface area contributed by atoms with Gasteiger partial charge in [-0.1, -0.05) is 23.7 Å². The highest BCUT2D eigenvalue weighted by atomic mass is 35.5. The predicted octanol–water partition coefficient (Wildman–Crippen LogP) is 5.59. The summed E-state index contributed by atoms with van der Waals surface area (Å²) in [4.78, 5) is 14.6. The van der Waals surface area contributed by atoms with Crippen molar-refractivity contribution in [1.29, 1.82) is 0 Å². The second-order valence-electron chi connectivity index (χ2n) is 8.13. The number of likely N-dealkylation sites (tertiary alicyclic amines) is 1. The number of piperidine rings is 1. The molecule has 5 rings (SSSR count). The Hall–Kier alpha value is -3.13. The minimum Gasteiger partial charge on any atom is -0.496 e. The summed E-state index contributed by atoms with van der Waals surface area (Å²) < 4.78 is 52.9. The van der Waals surface area contributed by atoms with Crippen LogP contribution in [-0.4, -0.2) is 34.5 Å². The van der Waals surface area contributed by atoms with Crippen molar-refractivity contribution in [3.63, 3.8) is 0 Å². The van der Waals surface area contributed by atoms with Gasteiger partial charge in [0.2, 0.25) is 0 Å². The van der Waals surface area contributed by atoms with E-state index in [4.69, 9.17) is 21.1 Å². The summed E-state index contributed by atoms with van der Waals surface area (Å²) in [5, 5.41) is 0. The van der Waals surface area contributed by atoms with Gasteiger partial charge in [-0.2, -0.15) is 13.2 Å². The van der Waals surface area contributed by atoms with E-state index in [-0.39, 0.29) is 12.1 Å². The summed E-state index contributed by atoms with van der Waals surface area (Å²) >= 11 is 6.69. The molecule has 0 saturated carbocycles. The number of rotatable bonds is 2. The number of carbonyl (C=O) groups excluding carboxylic acids is 1. The minimum atomic E-state index is -4.58. The smallest absolute Gasteiger partial charge is 0.419 e. The molecule has 1 spiro atoms. The van der Waals surface area contributed by atoms with E-state index in [1.54, 1.807) is 0 Å². The summed E-state index contributed by atoms with van der Waals surface area (Å²) in [5.41, 5.74) is -0.386. The van der Waals surface area contributed by atoms with Crippen LogP contribution in [0.3, 0.4) is 0 Å². The molecule has 2 aliphatic rings. The van der Waals surface area contributed by atoms with Crippen molar-refractivity contribution < 1.29 is 27.4 Å². The normalized spacial score (nSPS) is 21.8. The first-order valence-corrected chi connectivity index (χ1v) is 10.8. The average molecular weight is 477 g/mol. The van der Waals surface area contributed by atoms with Crippen LogP contribution in [0.15, 0.2) is 60.8 Å². The van der Waals surface area contributed by atoms with Crippen LogP contribution in [0.25, 0.3) is 5.69 Å². The fourth-order valence-electron chi connectivity index (χ4n) is 4.67. The van der Waals surface area contributed by atoms with Crippen molar-refractivity contribution in [3.05, 3.63) is 77.6 Å². The number of amides is 1. The zero-order chi connectivity index (χ0) is 23.4. The fraction of sp³-hybridized carbons (Fsp3) is 0.292. The van der Waals surface area contributed by atoms with E-state index in [2.05, 4.69) is 4.57 Å². The summed E-state index contributed by atoms with van der Waals surface area (Å²) in [6.45, 7) is 0.281. The highest BCUT2D eigenvalue weighted by Crippen LogP contribution is 2.47. The molecule has 33 heavy (non-hydrogen) atoms. The standard InChI is InChI=1S/C24H20ClF3N2O3/c1-32-19-13-15(8-9-16(19)24(26,27)28)22(31)30-12-10-23(14-21(30)25)20-7-4-11-29(20)17-5-2-3-6-18(17)33-23/h2-9,11,13,21H,10,12,14H2,1H3. The molecule has 0 bridgehead atoms. The number of halogens is 4. The molecule has 1 aromatic heterocycles. The van der Waals surface area contributed by atoms with Gasteiger partial charge in [0.25, 0.3) is 5.91 Å². The molecule has 172 valence electrons. The van der Waals surface area contributed by atoms with Gasteiger partial charge in [0.05, 0.1) is 24.1 Å². The van der Waals surface area contributed by atoms with E-state index in [1.807, 2.05) is 42.6 Å². The lowest BCUT2D eigenvalue weighted by Gasteiger charge is -2.47. The second kappa shape index (κ2) is 7.73. The van der Waals surface area contributed by atoms with Crippen molar-refractivity contribution in [2.45, 2.75) is 30.1 Å². The summed E-state index contributed by atoms with van der Waals surface area (Å²) in [6.07, 6.45) is -1.80. The lowest BCUT2D eigenvalue weighted by molar-refractivity contribution is -0.138. The number of benzene rings is 2. The van der Waals surface area contributed by atoms with Crippen LogP contribution in [-0.2, 0) is 11.8 Å². The Bertz CT molecular complexity index is 1230. The molecule has 2 atom stereocenters. The molecule has 2 unspecified atom stereocenters. The van der Waals surface area contributed by atoms with Gasteiger partial charge in [-0.15, -0.1) is 0 Å². The molecular weight excluding hydrogens is 457 g/mol. The highest BCUT2D eigenvalue weighted by molar-refractivity contribution is 6.21. The molecule has 2 aliphatic heterocycles. The number of fused-ring (bicyclic) bond motifs is 4. The molecular formula is C24H20ClF3N2O3. The number of methoxy groups -OCH3 is 1. The fourth-order valence-corrected chi connectivity index (χ4v) is 5.11. The summed E-state index contributed by atoms with van der Waals surface area (Å²) in [5.74, 6) is -0.126. The number of para-hydroxylation sites is 2. The first-order chi connectivity index (χ1) is 15.7. The average Bonchev–Trinajstić information content (AvgIpc) is 3.29. The van der Waals surface area contributed by atoms with Crippen LogP contribution < -0.4 is 9.47 Å². The highest BCUT2D eigenvalue weighted by Gasteiger charge is 2.48. The van der Waals surface area contributed by atoms with E-state index < -0.39 is 34.5 Å². The molecule has 3 aromatic rings. The van der Waals surface area contributed by atoms with Gasteiger partial charge in [0.1, 0.15) is 17.0 Å². The van der Waals surface area contributed by atoms with E-state index in [0.29, 0.717) is 12.8 Å². The van der Waals surface area contributed by atoms with E-state index >= 15 is 0 Å². The second-order valence-corrected chi connectivity index (χ2v) is 8.63. The Balaban J connectivity index is 1.42. The molecule has 3 heterocycles. The lowest BCUT2D eigenvalue weighted by atomic mass is 9.86. The number of ether oxygens (including phenoxy) is 2. The van der Waals surface area contributed by atoms with Gasteiger partial charge in [0, 0.05) is 31.1 Å². The Morgan fingerprint density at radius 1 is 1.18 bits per heavy atom. The van der Waals surface area contributed by atoms with Crippen LogP contribution >= 0.6 is 11.6 Å².